The zero-order chi connectivity index (χ0) is 15.4. The second-order valence-electron chi connectivity index (χ2n) is 5.00. The SMILES string of the molecule is CCOc1cccc(NC2CCC(=O)N(C)C2)c1[N+](=O)[O-]. The summed E-state index contributed by atoms with van der Waals surface area (Å²) in [6.07, 6.45) is 1.12. The highest BCUT2D eigenvalue weighted by Crippen LogP contribution is 2.35. The van der Waals surface area contributed by atoms with Crippen molar-refractivity contribution in [2.24, 2.45) is 0 Å². The van der Waals surface area contributed by atoms with Gasteiger partial charge in [0.2, 0.25) is 5.91 Å². The Bertz CT molecular complexity index is 547. The number of carbonyl (C=O) groups is 1. The van der Waals surface area contributed by atoms with Gasteiger partial charge < -0.3 is 15.0 Å². The standard InChI is InChI=1S/C14H19N3O4/c1-3-21-12-6-4-5-11(14(12)17(19)20)15-10-7-8-13(18)16(2)9-10/h4-6,10,15H,3,7-9H2,1-2H3. The van der Waals surface area contributed by atoms with E-state index in [2.05, 4.69) is 5.32 Å². The number of likely N-dealkylation sites (tertiary alicyclic amines) is 1. The molecule has 7 heteroatoms. The molecule has 21 heavy (non-hydrogen) atoms. The van der Waals surface area contributed by atoms with Crippen molar-refractivity contribution in [2.45, 2.75) is 25.8 Å². The average molecular weight is 293 g/mol. The lowest BCUT2D eigenvalue weighted by atomic mass is 10.0. The van der Waals surface area contributed by atoms with Crippen LogP contribution in [0.5, 0.6) is 5.75 Å². The number of nitro groups is 1. The quantitative estimate of drug-likeness (QED) is 0.663. The highest BCUT2D eigenvalue weighted by molar-refractivity contribution is 5.77. The van der Waals surface area contributed by atoms with Gasteiger partial charge in [-0.05, 0) is 25.5 Å². The van der Waals surface area contributed by atoms with Gasteiger partial charge >= 0.3 is 5.69 Å². The third-order valence-electron chi connectivity index (χ3n) is 3.47. The highest BCUT2D eigenvalue weighted by atomic mass is 16.6. The number of ether oxygens (including phenoxy) is 1. The first-order valence-corrected chi connectivity index (χ1v) is 6.93. The smallest absolute Gasteiger partial charge is 0.333 e. The number of para-hydroxylation sites is 1. The van der Waals surface area contributed by atoms with Gasteiger partial charge in [-0.25, -0.2) is 0 Å². The van der Waals surface area contributed by atoms with Gasteiger partial charge in [0.15, 0.2) is 5.75 Å². The fourth-order valence-electron chi connectivity index (χ4n) is 2.45. The molecule has 0 bridgehead atoms. The number of nitrogens with one attached hydrogen (secondary N) is 1. The van der Waals surface area contributed by atoms with Crippen molar-refractivity contribution >= 4 is 17.3 Å². The molecule has 1 aliphatic heterocycles. The number of piperidine rings is 1. The number of likely N-dealkylation sites (N-methyl/N-ethyl adjacent to an activating group) is 1. The van der Waals surface area contributed by atoms with E-state index in [-0.39, 0.29) is 23.4 Å². The van der Waals surface area contributed by atoms with Gasteiger partial charge in [-0.15, -0.1) is 0 Å². The van der Waals surface area contributed by atoms with Gasteiger partial charge in [-0.1, -0.05) is 6.07 Å². The minimum absolute atomic E-state index is 0.00303. The number of amides is 1. The zero-order valence-corrected chi connectivity index (χ0v) is 12.2. The Balaban J connectivity index is 2.21. The van der Waals surface area contributed by atoms with Crippen LogP contribution in [0.25, 0.3) is 0 Å². The minimum atomic E-state index is -0.439. The van der Waals surface area contributed by atoms with E-state index in [1.54, 1.807) is 37.1 Å². The van der Waals surface area contributed by atoms with Crippen LogP contribution in [0, 0.1) is 10.1 Å². The third-order valence-corrected chi connectivity index (χ3v) is 3.47. The molecule has 1 aromatic rings. The summed E-state index contributed by atoms with van der Waals surface area (Å²) in [7, 11) is 1.74. The van der Waals surface area contributed by atoms with Crippen LogP contribution in [0.4, 0.5) is 11.4 Å². The molecule has 0 aliphatic carbocycles. The molecule has 0 radical (unpaired) electrons. The highest BCUT2D eigenvalue weighted by Gasteiger charge is 2.26. The molecule has 1 unspecified atom stereocenters. The molecule has 1 saturated heterocycles. The Morgan fingerprint density at radius 2 is 2.29 bits per heavy atom. The predicted octanol–water partition coefficient (Wildman–Crippen LogP) is 2.03. The van der Waals surface area contributed by atoms with Gasteiger partial charge in [0.25, 0.3) is 0 Å². The lowest BCUT2D eigenvalue weighted by molar-refractivity contribution is -0.385. The fourth-order valence-corrected chi connectivity index (χ4v) is 2.45. The van der Waals surface area contributed by atoms with E-state index in [0.29, 0.717) is 31.7 Å². The molecule has 1 heterocycles. The van der Waals surface area contributed by atoms with Gasteiger partial charge in [0, 0.05) is 26.1 Å². The Hall–Kier alpha value is -2.31. The first kappa shape index (κ1) is 15.1. The van der Waals surface area contributed by atoms with Gasteiger partial charge in [-0.2, -0.15) is 0 Å². The van der Waals surface area contributed by atoms with E-state index in [1.807, 2.05) is 0 Å². The van der Waals surface area contributed by atoms with Crippen LogP contribution in [0.3, 0.4) is 0 Å². The third kappa shape index (κ3) is 3.42. The Labute approximate surface area is 123 Å². The summed E-state index contributed by atoms with van der Waals surface area (Å²) in [6.45, 7) is 2.69. The monoisotopic (exact) mass is 293 g/mol. The van der Waals surface area contributed by atoms with Crippen LogP contribution in [0.15, 0.2) is 18.2 Å². The Kier molecular flexibility index (Phi) is 4.62. The molecule has 1 aromatic carbocycles. The maximum atomic E-state index is 11.5. The summed E-state index contributed by atoms with van der Waals surface area (Å²) < 4.78 is 5.32. The number of hydrogen-bond acceptors (Lipinski definition) is 5. The number of hydrogen-bond donors (Lipinski definition) is 1. The lowest BCUT2D eigenvalue weighted by Crippen LogP contribution is -2.43. The number of rotatable bonds is 5. The second kappa shape index (κ2) is 6.43. The fraction of sp³-hybridized carbons (Fsp3) is 0.500. The number of benzene rings is 1. The molecule has 114 valence electrons. The summed E-state index contributed by atoms with van der Waals surface area (Å²) in [5.74, 6) is 0.360. The molecular weight excluding hydrogens is 274 g/mol. The van der Waals surface area contributed by atoms with E-state index < -0.39 is 4.92 Å². The molecule has 0 saturated carbocycles. The number of nitro benzene ring substituents is 1. The zero-order valence-electron chi connectivity index (χ0n) is 12.2. The summed E-state index contributed by atoms with van der Waals surface area (Å²) in [4.78, 5) is 24.0. The maximum absolute atomic E-state index is 11.5. The van der Waals surface area contributed by atoms with Crippen molar-refractivity contribution in [2.75, 3.05) is 25.5 Å². The van der Waals surface area contributed by atoms with E-state index in [0.717, 1.165) is 0 Å². The Morgan fingerprint density at radius 3 is 2.90 bits per heavy atom. The van der Waals surface area contributed by atoms with Crippen molar-refractivity contribution in [3.63, 3.8) is 0 Å². The normalized spacial score (nSPS) is 18.5. The second-order valence-corrected chi connectivity index (χ2v) is 5.00. The minimum Gasteiger partial charge on any atom is -0.487 e. The van der Waals surface area contributed by atoms with Crippen LogP contribution in [0.2, 0.25) is 0 Å². The van der Waals surface area contributed by atoms with Crippen molar-refractivity contribution in [1.82, 2.24) is 4.90 Å². The van der Waals surface area contributed by atoms with Crippen molar-refractivity contribution in [1.29, 1.82) is 0 Å². The molecule has 1 N–H and O–H groups in total. The summed E-state index contributed by atoms with van der Waals surface area (Å²) >= 11 is 0. The van der Waals surface area contributed by atoms with Crippen LogP contribution in [-0.2, 0) is 4.79 Å². The predicted molar refractivity (Wildman–Crippen MR) is 78.5 cm³/mol. The molecule has 7 nitrogen and oxygen atoms in total. The Morgan fingerprint density at radius 1 is 1.52 bits per heavy atom. The largest absolute Gasteiger partial charge is 0.487 e. The maximum Gasteiger partial charge on any atom is 0.333 e. The van der Waals surface area contributed by atoms with Gasteiger partial charge in [0.1, 0.15) is 5.69 Å². The van der Waals surface area contributed by atoms with E-state index in [1.165, 1.54) is 0 Å². The van der Waals surface area contributed by atoms with E-state index in [9.17, 15) is 14.9 Å². The molecule has 1 atom stereocenters. The molecule has 2 rings (SSSR count). The molecular formula is C14H19N3O4. The summed E-state index contributed by atoms with van der Waals surface area (Å²) in [6, 6.07) is 4.97. The van der Waals surface area contributed by atoms with E-state index in [4.69, 9.17) is 4.74 Å². The van der Waals surface area contributed by atoms with Crippen LogP contribution < -0.4 is 10.1 Å². The molecule has 0 spiro atoms. The number of nitrogens with zero attached hydrogens (tertiary/aromatic N) is 2. The van der Waals surface area contributed by atoms with Crippen LogP contribution in [0.1, 0.15) is 19.8 Å². The van der Waals surface area contributed by atoms with Gasteiger partial charge in [-0.3, -0.25) is 14.9 Å². The lowest BCUT2D eigenvalue weighted by Gasteiger charge is -2.30. The van der Waals surface area contributed by atoms with Crippen molar-refractivity contribution in [3.05, 3.63) is 28.3 Å². The number of anilines is 1. The summed E-state index contributed by atoms with van der Waals surface area (Å²) in [5.41, 5.74) is 0.373. The molecule has 1 amide bonds. The first-order valence-electron chi connectivity index (χ1n) is 6.93. The molecule has 1 aliphatic rings. The topological polar surface area (TPSA) is 84.7 Å². The first-order chi connectivity index (χ1) is 10.0. The number of carbonyl (C=O) groups excluding carboxylic acids is 1. The average Bonchev–Trinajstić information content (AvgIpc) is 2.43. The van der Waals surface area contributed by atoms with Crippen molar-refractivity contribution < 1.29 is 14.5 Å². The van der Waals surface area contributed by atoms with Gasteiger partial charge in [0.05, 0.1) is 11.5 Å². The summed E-state index contributed by atoms with van der Waals surface area (Å²) in [5, 5.41) is 14.5. The van der Waals surface area contributed by atoms with Crippen LogP contribution in [-0.4, -0.2) is 42.0 Å². The van der Waals surface area contributed by atoms with E-state index >= 15 is 0 Å². The molecule has 1 fully saturated rings. The van der Waals surface area contributed by atoms with Crippen molar-refractivity contribution in [3.8, 4) is 5.75 Å². The van der Waals surface area contributed by atoms with Crippen LogP contribution >= 0.6 is 0 Å². The molecule has 0 aromatic heterocycles.